The zero-order valence-corrected chi connectivity index (χ0v) is 10.2. The Hall–Kier alpha value is -1.54. The Morgan fingerprint density at radius 2 is 2.31 bits per heavy atom. The van der Waals surface area contributed by atoms with Crippen molar-refractivity contribution in [2.45, 2.75) is 0 Å². The zero-order chi connectivity index (χ0) is 12.3. The fraction of sp³-hybridized carbons (Fsp3) is 0.182. The number of nitrogens with zero attached hydrogens (tertiary/aromatic N) is 1. The number of terminal acetylenes is 1. The average molecular weight is 285 g/mol. The van der Waals surface area contributed by atoms with Gasteiger partial charge in [0.05, 0.1) is 17.8 Å². The Morgan fingerprint density at radius 1 is 1.69 bits per heavy atom. The van der Waals surface area contributed by atoms with Crippen molar-refractivity contribution >= 4 is 27.5 Å². The fourth-order valence-corrected chi connectivity index (χ4v) is 1.63. The van der Waals surface area contributed by atoms with Gasteiger partial charge in [-0.1, -0.05) is 5.92 Å². The van der Waals surface area contributed by atoms with Crippen molar-refractivity contribution in [3.05, 3.63) is 28.0 Å². The van der Waals surface area contributed by atoms with Crippen LogP contribution in [0.3, 0.4) is 0 Å². The molecule has 0 unspecified atom stereocenters. The number of rotatable bonds is 2. The van der Waals surface area contributed by atoms with E-state index < -0.39 is 5.82 Å². The minimum Gasteiger partial charge on any atom is -0.396 e. The summed E-state index contributed by atoms with van der Waals surface area (Å²) in [5.41, 5.74) is 5.61. The Balaban J connectivity index is 3.10. The third kappa shape index (κ3) is 2.52. The van der Waals surface area contributed by atoms with Crippen LogP contribution in [0.1, 0.15) is 10.4 Å². The predicted molar refractivity (Wildman–Crippen MR) is 64.3 cm³/mol. The lowest BCUT2D eigenvalue weighted by Gasteiger charge is -2.15. The molecule has 0 bridgehead atoms. The summed E-state index contributed by atoms with van der Waals surface area (Å²) >= 11 is 3.11. The molecule has 0 aliphatic carbocycles. The maximum atomic E-state index is 13.1. The van der Waals surface area contributed by atoms with E-state index in [1.165, 1.54) is 11.0 Å². The monoisotopic (exact) mass is 284 g/mol. The van der Waals surface area contributed by atoms with E-state index in [-0.39, 0.29) is 23.7 Å². The molecular formula is C11H10BrFN2O. The third-order valence-electron chi connectivity index (χ3n) is 1.99. The predicted octanol–water partition coefficient (Wildman–Crippen LogP) is 1.88. The van der Waals surface area contributed by atoms with Crippen LogP contribution in [0, 0.1) is 18.2 Å². The van der Waals surface area contributed by atoms with E-state index in [0.29, 0.717) is 4.47 Å². The van der Waals surface area contributed by atoms with Crippen molar-refractivity contribution in [2.75, 3.05) is 19.3 Å². The molecule has 0 atom stereocenters. The highest BCUT2D eigenvalue weighted by atomic mass is 79.9. The van der Waals surface area contributed by atoms with Gasteiger partial charge in [-0.3, -0.25) is 4.79 Å². The molecule has 3 nitrogen and oxygen atoms in total. The summed E-state index contributed by atoms with van der Waals surface area (Å²) in [6, 6.07) is 2.45. The second-order valence-corrected chi connectivity index (χ2v) is 4.07. The molecule has 0 saturated heterocycles. The minimum absolute atomic E-state index is 0.0688. The lowest BCUT2D eigenvalue weighted by molar-refractivity contribution is 0.0811. The van der Waals surface area contributed by atoms with Crippen molar-refractivity contribution < 1.29 is 9.18 Å². The number of carbonyl (C=O) groups is 1. The van der Waals surface area contributed by atoms with Crippen molar-refractivity contribution in [1.82, 2.24) is 4.90 Å². The van der Waals surface area contributed by atoms with Crippen LogP contribution in [0.25, 0.3) is 0 Å². The summed E-state index contributed by atoms with van der Waals surface area (Å²) < 4.78 is 13.4. The molecule has 0 aliphatic heterocycles. The molecule has 0 saturated carbocycles. The van der Waals surface area contributed by atoms with Gasteiger partial charge < -0.3 is 10.6 Å². The van der Waals surface area contributed by atoms with Crippen LogP contribution in [0.15, 0.2) is 16.6 Å². The van der Waals surface area contributed by atoms with Crippen molar-refractivity contribution in [2.24, 2.45) is 0 Å². The quantitative estimate of drug-likeness (QED) is 0.666. The fourth-order valence-electron chi connectivity index (χ4n) is 1.14. The van der Waals surface area contributed by atoms with Crippen molar-refractivity contribution in [3.8, 4) is 12.3 Å². The highest BCUT2D eigenvalue weighted by Gasteiger charge is 2.16. The molecule has 0 fully saturated rings. The van der Waals surface area contributed by atoms with Crippen LogP contribution in [-0.2, 0) is 0 Å². The number of nitrogens with two attached hydrogens (primary N) is 1. The molecule has 0 heterocycles. The minimum atomic E-state index is -0.567. The molecule has 1 amide bonds. The van der Waals surface area contributed by atoms with E-state index >= 15 is 0 Å². The summed E-state index contributed by atoms with van der Waals surface area (Å²) in [4.78, 5) is 13.2. The first kappa shape index (κ1) is 12.5. The van der Waals surface area contributed by atoms with E-state index in [0.717, 1.165) is 6.07 Å². The molecule has 2 N–H and O–H groups in total. The van der Waals surface area contributed by atoms with E-state index in [2.05, 4.69) is 21.9 Å². The topological polar surface area (TPSA) is 46.3 Å². The van der Waals surface area contributed by atoms with Crippen LogP contribution in [0.4, 0.5) is 10.1 Å². The van der Waals surface area contributed by atoms with Crippen LogP contribution < -0.4 is 5.73 Å². The molecular weight excluding hydrogens is 275 g/mol. The van der Waals surface area contributed by atoms with E-state index in [1.807, 2.05) is 0 Å². The largest absolute Gasteiger partial charge is 0.396 e. The Kier molecular flexibility index (Phi) is 3.91. The molecule has 5 heteroatoms. The number of hydrogen-bond donors (Lipinski definition) is 1. The summed E-state index contributed by atoms with van der Waals surface area (Å²) in [7, 11) is 1.56. The zero-order valence-electron chi connectivity index (χ0n) is 8.63. The maximum absolute atomic E-state index is 13.1. The number of amides is 1. The number of nitrogen functional groups attached to an aromatic ring is 1. The summed E-state index contributed by atoms with van der Waals surface area (Å²) in [6.07, 6.45) is 5.10. The lowest BCUT2D eigenvalue weighted by Crippen LogP contribution is -2.27. The highest BCUT2D eigenvalue weighted by Crippen LogP contribution is 2.23. The summed E-state index contributed by atoms with van der Waals surface area (Å²) in [5.74, 6) is 1.47. The number of anilines is 1. The molecule has 1 aromatic rings. The molecule has 1 aromatic carbocycles. The van der Waals surface area contributed by atoms with Gasteiger partial charge in [-0.25, -0.2) is 4.39 Å². The van der Waals surface area contributed by atoms with Gasteiger partial charge in [0.2, 0.25) is 0 Å². The van der Waals surface area contributed by atoms with Crippen LogP contribution in [-0.4, -0.2) is 24.4 Å². The maximum Gasteiger partial charge on any atom is 0.255 e. The second kappa shape index (κ2) is 4.99. The van der Waals surface area contributed by atoms with Crippen molar-refractivity contribution in [1.29, 1.82) is 0 Å². The molecule has 1 rings (SSSR count). The smallest absolute Gasteiger partial charge is 0.255 e. The summed E-state index contributed by atoms with van der Waals surface area (Å²) in [6.45, 7) is 0.183. The normalized spacial score (nSPS) is 9.62. The molecule has 0 aromatic heterocycles. The first-order valence-corrected chi connectivity index (χ1v) is 5.20. The third-order valence-corrected chi connectivity index (χ3v) is 2.65. The van der Waals surface area contributed by atoms with E-state index in [1.54, 1.807) is 7.05 Å². The number of halogens is 2. The van der Waals surface area contributed by atoms with Crippen LogP contribution >= 0.6 is 15.9 Å². The van der Waals surface area contributed by atoms with Gasteiger partial charge in [0.25, 0.3) is 5.91 Å². The van der Waals surface area contributed by atoms with Gasteiger partial charge in [-0.05, 0) is 28.1 Å². The van der Waals surface area contributed by atoms with E-state index in [4.69, 9.17) is 12.2 Å². The van der Waals surface area contributed by atoms with Gasteiger partial charge in [-0.15, -0.1) is 6.42 Å². The number of hydrogen-bond acceptors (Lipinski definition) is 2. The highest BCUT2D eigenvalue weighted by molar-refractivity contribution is 9.10. The molecule has 0 spiro atoms. The number of carbonyl (C=O) groups excluding carboxylic acids is 1. The Morgan fingerprint density at radius 3 is 2.88 bits per heavy atom. The first-order valence-electron chi connectivity index (χ1n) is 4.40. The number of benzene rings is 1. The van der Waals surface area contributed by atoms with Crippen LogP contribution in [0.5, 0.6) is 0 Å². The Bertz CT molecular complexity index is 468. The average Bonchev–Trinajstić information content (AvgIpc) is 2.23. The molecule has 84 valence electrons. The van der Waals surface area contributed by atoms with Gasteiger partial charge in [0.15, 0.2) is 0 Å². The van der Waals surface area contributed by atoms with Gasteiger partial charge >= 0.3 is 0 Å². The van der Waals surface area contributed by atoms with E-state index in [9.17, 15) is 9.18 Å². The molecule has 0 radical (unpaired) electrons. The van der Waals surface area contributed by atoms with Gasteiger partial charge in [0, 0.05) is 11.5 Å². The SMILES string of the molecule is C#CCN(C)C(=O)c1cc(N)c(F)cc1Br. The van der Waals surface area contributed by atoms with Gasteiger partial charge in [0.1, 0.15) is 5.82 Å². The second-order valence-electron chi connectivity index (χ2n) is 3.22. The van der Waals surface area contributed by atoms with Gasteiger partial charge in [-0.2, -0.15) is 0 Å². The van der Waals surface area contributed by atoms with Crippen molar-refractivity contribution in [3.63, 3.8) is 0 Å². The van der Waals surface area contributed by atoms with Crippen LogP contribution in [0.2, 0.25) is 0 Å². The Labute approximate surface area is 102 Å². The first-order chi connectivity index (χ1) is 7.47. The standard InChI is InChI=1S/C11H10BrFN2O/c1-3-4-15(2)11(16)7-5-10(14)9(13)6-8(7)12/h1,5-6H,4,14H2,2H3. The summed E-state index contributed by atoms with van der Waals surface area (Å²) in [5, 5.41) is 0. The lowest BCUT2D eigenvalue weighted by atomic mass is 10.1. The molecule has 0 aliphatic rings. The molecule has 16 heavy (non-hydrogen) atoms.